The summed E-state index contributed by atoms with van der Waals surface area (Å²) in [6.07, 6.45) is 3.55. The molecule has 3 aromatic rings. The van der Waals surface area contributed by atoms with Gasteiger partial charge in [-0.05, 0) is 73.4 Å². The maximum Gasteiger partial charge on any atom is 0.187 e. The van der Waals surface area contributed by atoms with Gasteiger partial charge in [-0.25, -0.2) is 18.2 Å². The van der Waals surface area contributed by atoms with E-state index in [0.29, 0.717) is 18.4 Å². The number of aromatic nitrogens is 2. The fourth-order valence-corrected chi connectivity index (χ4v) is 5.12. The van der Waals surface area contributed by atoms with E-state index in [-0.39, 0.29) is 35.2 Å². The minimum atomic E-state index is -1.53. The van der Waals surface area contributed by atoms with Gasteiger partial charge >= 0.3 is 0 Å². The van der Waals surface area contributed by atoms with Crippen molar-refractivity contribution in [3.8, 4) is 11.3 Å². The zero-order valence-corrected chi connectivity index (χ0v) is 21.4. The second-order valence-corrected chi connectivity index (χ2v) is 10.6. The highest BCUT2D eigenvalue weighted by Crippen LogP contribution is 2.38. The molecule has 1 saturated carbocycles. The topological polar surface area (TPSA) is 135 Å². The number of carbonyl (C=O) groups excluding carboxylic acids is 1. The Bertz CT molecular complexity index is 1340. The Morgan fingerprint density at radius 2 is 1.79 bits per heavy atom. The van der Waals surface area contributed by atoms with Crippen LogP contribution in [0.15, 0.2) is 36.7 Å². The Balaban J connectivity index is 1.69. The number of pyridine rings is 2. The van der Waals surface area contributed by atoms with Gasteiger partial charge in [0, 0.05) is 30.9 Å². The molecule has 1 aliphatic carbocycles. The molecule has 0 aliphatic heterocycles. The monoisotopic (exact) mass is 528 g/mol. The van der Waals surface area contributed by atoms with E-state index in [1.807, 2.05) is 6.92 Å². The van der Waals surface area contributed by atoms with Gasteiger partial charge in [0.15, 0.2) is 11.6 Å². The maximum atomic E-state index is 14.9. The molecule has 1 aliphatic rings. The average molecular weight is 529 g/mol. The van der Waals surface area contributed by atoms with Crippen LogP contribution in [0.4, 0.5) is 18.9 Å². The summed E-state index contributed by atoms with van der Waals surface area (Å²) in [6.45, 7) is 4.63. The zero-order valence-electron chi connectivity index (χ0n) is 21.4. The van der Waals surface area contributed by atoms with Gasteiger partial charge in [-0.1, -0.05) is 6.92 Å². The van der Waals surface area contributed by atoms with Crippen LogP contribution in [0, 0.1) is 23.4 Å². The van der Waals surface area contributed by atoms with Gasteiger partial charge in [0.05, 0.1) is 23.0 Å². The number of benzene rings is 1. The van der Waals surface area contributed by atoms with Crippen molar-refractivity contribution >= 4 is 11.5 Å². The van der Waals surface area contributed by atoms with Gasteiger partial charge in [-0.2, -0.15) is 0 Å². The maximum absolute atomic E-state index is 14.9. The molecule has 4 atom stereocenters. The van der Waals surface area contributed by atoms with E-state index in [9.17, 15) is 28.2 Å². The Morgan fingerprint density at radius 3 is 2.39 bits per heavy atom. The standard InChI is InChI=1S/C28H31F3N4O3/c1-13-6-14(7-22(33)27(13)37)17-4-5-34-12-15(17)8-23(36)26-21(32)11-20(31)25(35-26)24-18(29)9-16(10-19(24)30)28(2,3)38/h4-5,9-14,22,27,37-38H,6-8,32-33H2,1-3H3/t13-,14+,22+,27+/m0/s1. The molecule has 0 spiro atoms. The van der Waals surface area contributed by atoms with Crippen molar-refractivity contribution in [3.63, 3.8) is 0 Å². The van der Waals surface area contributed by atoms with Crippen molar-refractivity contribution in [3.05, 3.63) is 76.5 Å². The summed E-state index contributed by atoms with van der Waals surface area (Å²) in [7, 11) is 0. The number of ketones is 1. The summed E-state index contributed by atoms with van der Waals surface area (Å²) < 4.78 is 44.7. The first-order valence-corrected chi connectivity index (χ1v) is 12.4. The van der Waals surface area contributed by atoms with Gasteiger partial charge in [0.25, 0.3) is 0 Å². The van der Waals surface area contributed by atoms with E-state index in [2.05, 4.69) is 9.97 Å². The first kappa shape index (κ1) is 27.7. The van der Waals surface area contributed by atoms with Crippen molar-refractivity contribution in [1.82, 2.24) is 9.97 Å². The van der Waals surface area contributed by atoms with E-state index in [1.54, 1.807) is 18.5 Å². The molecule has 1 fully saturated rings. The van der Waals surface area contributed by atoms with E-state index in [1.165, 1.54) is 13.8 Å². The van der Waals surface area contributed by atoms with Gasteiger partial charge in [0.1, 0.15) is 23.0 Å². The van der Waals surface area contributed by atoms with Crippen LogP contribution < -0.4 is 11.5 Å². The van der Waals surface area contributed by atoms with Crippen molar-refractivity contribution in [2.45, 2.75) is 63.7 Å². The number of rotatable bonds is 6. The number of nitrogen functional groups attached to an aromatic ring is 1. The highest BCUT2D eigenvalue weighted by Gasteiger charge is 2.34. The Labute approximate surface area is 218 Å². The number of nitrogens with zero attached hydrogens (tertiary/aromatic N) is 2. The molecule has 38 heavy (non-hydrogen) atoms. The fourth-order valence-electron chi connectivity index (χ4n) is 5.12. The first-order valence-electron chi connectivity index (χ1n) is 12.4. The van der Waals surface area contributed by atoms with Gasteiger partial charge in [-0.3, -0.25) is 9.78 Å². The molecule has 0 bridgehead atoms. The van der Waals surface area contributed by atoms with Crippen LogP contribution in [0.1, 0.15) is 66.7 Å². The molecule has 0 saturated heterocycles. The first-order chi connectivity index (χ1) is 17.8. The number of halogens is 3. The van der Waals surface area contributed by atoms with Crippen molar-refractivity contribution in [2.24, 2.45) is 11.7 Å². The second kappa shape index (κ2) is 10.4. The lowest BCUT2D eigenvalue weighted by molar-refractivity contribution is 0.0519. The lowest BCUT2D eigenvalue weighted by Crippen LogP contribution is -2.44. The molecule has 10 heteroatoms. The number of aliphatic hydroxyl groups is 2. The van der Waals surface area contributed by atoms with Gasteiger partial charge in [-0.15, -0.1) is 0 Å². The van der Waals surface area contributed by atoms with Gasteiger partial charge in [0.2, 0.25) is 0 Å². The molecule has 6 N–H and O–H groups in total. The number of nitrogens with two attached hydrogens (primary N) is 2. The molecule has 2 aromatic heterocycles. The predicted molar refractivity (Wildman–Crippen MR) is 137 cm³/mol. The summed E-state index contributed by atoms with van der Waals surface area (Å²) in [4.78, 5) is 21.4. The molecule has 202 valence electrons. The summed E-state index contributed by atoms with van der Waals surface area (Å²) in [6, 6.07) is 3.99. The quantitative estimate of drug-likeness (QED) is 0.355. The molecular weight excluding hydrogens is 497 g/mol. The number of carbonyl (C=O) groups is 1. The van der Waals surface area contributed by atoms with Crippen molar-refractivity contribution < 1.29 is 28.2 Å². The number of anilines is 1. The molecule has 0 amide bonds. The lowest BCUT2D eigenvalue weighted by Gasteiger charge is -2.36. The number of Topliss-reactive ketones (excluding diaryl/α,β-unsaturated/α-hetero) is 1. The molecule has 7 nitrogen and oxygen atoms in total. The van der Waals surface area contributed by atoms with E-state index < -0.39 is 52.2 Å². The summed E-state index contributed by atoms with van der Waals surface area (Å²) >= 11 is 0. The number of hydrogen-bond donors (Lipinski definition) is 4. The minimum absolute atomic E-state index is 0.0132. The van der Waals surface area contributed by atoms with Crippen LogP contribution in [0.25, 0.3) is 11.3 Å². The fraction of sp³-hybridized carbons (Fsp3) is 0.393. The van der Waals surface area contributed by atoms with Gasteiger partial charge < -0.3 is 21.7 Å². The normalized spacial score (nSPS) is 21.9. The molecule has 0 radical (unpaired) electrons. The molecule has 4 rings (SSSR count). The third-order valence-electron chi connectivity index (χ3n) is 7.22. The average Bonchev–Trinajstić information content (AvgIpc) is 2.82. The van der Waals surface area contributed by atoms with E-state index in [4.69, 9.17) is 11.5 Å². The van der Waals surface area contributed by atoms with Crippen molar-refractivity contribution in [2.75, 3.05) is 5.73 Å². The summed E-state index contributed by atoms with van der Waals surface area (Å²) in [5, 5.41) is 20.3. The smallest absolute Gasteiger partial charge is 0.187 e. The lowest BCUT2D eigenvalue weighted by atomic mass is 9.74. The van der Waals surface area contributed by atoms with Crippen molar-refractivity contribution in [1.29, 1.82) is 0 Å². The van der Waals surface area contributed by atoms with Crippen LogP contribution in [-0.4, -0.2) is 38.1 Å². The van der Waals surface area contributed by atoms with Crippen LogP contribution in [0.2, 0.25) is 0 Å². The summed E-state index contributed by atoms with van der Waals surface area (Å²) in [5.41, 5.74) is 9.84. The predicted octanol–water partition coefficient (Wildman–Crippen LogP) is 4.00. The SMILES string of the molecule is C[C@H]1C[C@@H](c2ccncc2CC(=O)c2nc(-c3c(F)cc(C(C)(C)O)cc3F)c(F)cc2N)C[C@@H](N)[C@@H]1O. The van der Waals surface area contributed by atoms with Crippen LogP contribution in [0.3, 0.4) is 0 Å². The molecular formula is C28H31F3N4O3. The second-order valence-electron chi connectivity index (χ2n) is 10.6. The highest BCUT2D eigenvalue weighted by molar-refractivity contribution is 6.00. The highest BCUT2D eigenvalue weighted by atomic mass is 19.1. The zero-order chi connectivity index (χ0) is 27.9. The Hall–Kier alpha value is -3.34. The number of hydrogen-bond acceptors (Lipinski definition) is 7. The number of aliphatic hydroxyl groups excluding tert-OH is 1. The molecule has 2 heterocycles. The van der Waals surface area contributed by atoms with Crippen LogP contribution >= 0.6 is 0 Å². The largest absolute Gasteiger partial charge is 0.397 e. The Morgan fingerprint density at radius 1 is 1.13 bits per heavy atom. The molecule has 0 unspecified atom stereocenters. The van der Waals surface area contributed by atoms with E-state index in [0.717, 1.165) is 23.8 Å². The van der Waals surface area contributed by atoms with Crippen LogP contribution in [-0.2, 0) is 12.0 Å². The summed E-state index contributed by atoms with van der Waals surface area (Å²) in [5.74, 6) is -4.02. The third-order valence-corrected chi connectivity index (χ3v) is 7.22. The minimum Gasteiger partial charge on any atom is -0.397 e. The van der Waals surface area contributed by atoms with E-state index >= 15 is 0 Å². The third kappa shape index (κ3) is 5.43. The Kier molecular flexibility index (Phi) is 7.60. The van der Waals surface area contributed by atoms with Crippen LogP contribution in [0.5, 0.6) is 0 Å². The molecule has 1 aromatic carbocycles.